The molecule has 2 heterocycles. The molecular formula is C14H23NO4. The van der Waals surface area contributed by atoms with Crippen LogP contribution in [0.5, 0.6) is 0 Å². The molecule has 2 aliphatic rings. The number of nitrogens with zero attached hydrogens (tertiary/aromatic N) is 1. The Kier molecular flexibility index (Phi) is 5.19. The molecule has 0 aromatic rings. The second-order valence-corrected chi connectivity index (χ2v) is 5.27. The molecular weight excluding hydrogens is 246 g/mol. The molecule has 2 rings (SSSR count). The van der Waals surface area contributed by atoms with E-state index in [0.717, 1.165) is 38.8 Å². The van der Waals surface area contributed by atoms with Crippen LogP contribution in [0.15, 0.2) is 0 Å². The zero-order chi connectivity index (χ0) is 13.7. The second kappa shape index (κ2) is 6.89. The van der Waals surface area contributed by atoms with Gasteiger partial charge in [-0.05, 0) is 32.6 Å². The van der Waals surface area contributed by atoms with Crippen molar-refractivity contribution in [3.63, 3.8) is 0 Å². The van der Waals surface area contributed by atoms with Crippen LogP contribution in [-0.4, -0.2) is 49.2 Å². The van der Waals surface area contributed by atoms with Crippen molar-refractivity contribution in [2.75, 3.05) is 26.3 Å². The van der Waals surface area contributed by atoms with Crippen molar-refractivity contribution < 1.29 is 19.1 Å². The Morgan fingerprint density at radius 1 is 1.32 bits per heavy atom. The van der Waals surface area contributed by atoms with E-state index in [-0.39, 0.29) is 23.9 Å². The van der Waals surface area contributed by atoms with Crippen LogP contribution in [0.1, 0.15) is 39.0 Å². The third-order valence-corrected chi connectivity index (χ3v) is 3.82. The smallest absolute Gasteiger partial charge is 0.310 e. The molecule has 0 radical (unpaired) electrons. The topological polar surface area (TPSA) is 55.8 Å². The largest absolute Gasteiger partial charge is 0.466 e. The fraction of sp³-hybridized carbons (Fsp3) is 0.857. The number of piperidine rings is 1. The van der Waals surface area contributed by atoms with E-state index in [2.05, 4.69) is 0 Å². The van der Waals surface area contributed by atoms with Gasteiger partial charge in [0.05, 0.1) is 25.0 Å². The van der Waals surface area contributed by atoms with Gasteiger partial charge < -0.3 is 14.4 Å². The van der Waals surface area contributed by atoms with Crippen molar-refractivity contribution in [3.05, 3.63) is 0 Å². The highest BCUT2D eigenvalue weighted by molar-refractivity contribution is 5.79. The summed E-state index contributed by atoms with van der Waals surface area (Å²) >= 11 is 0. The third-order valence-electron chi connectivity index (χ3n) is 3.82. The summed E-state index contributed by atoms with van der Waals surface area (Å²) < 4.78 is 10.5. The number of likely N-dealkylation sites (tertiary alicyclic amines) is 1. The quantitative estimate of drug-likeness (QED) is 0.723. The van der Waals surface area contributed by atoms with Crippen LogP contribution >= 0.6 is 0 Å². The van der Waals surface area contributed by atoms with Gasteiger partial charge in [0.15, 0.2) is 0 Å². The molecule has 19 heavy (non-hydrogen) atoms. The molecule has 5 nitrogen and oxygen atoms in total. The van der Waals surface area contributed by atoms with Crippen LogP contribution < -0.4 is 0 Å². The number of hydrogen-bond acceptors (Lipinski definition) is 4. The minimum atomic E-state index is -0.169. The maximum absolute atomic E-state index is 12.2. The molecule has 5 heteroatoms. The Morgan fingerprint density at radius 2 is 2.16 bits per heavy atom. The Bertz CT molecular complexity index is 325. The molecule has 0 N–H and O–H groups in total. The number of amides is 1. The van der Waals surface area contributed by atoms with Gasteiger partial charge >= 0.3 is 5.97 Å². The monoisotopic (exact) mass is 269 g/mol. The van der Waals surface area contributed by atoms with Gasteiger partial charge in [0.25, 0.3) is 0 Å². The van der Waals surface area contributed by atoms with E-state index in [1.807, 2.05) is 0 Å². The van der Waals surface area contributed by atoms with Gasteiger partial charge in [0.2, 0.25) is 5.91 Å². The summed E-state index contributed by atoms with van der Waals surface area (Å²) in [6.45, 7) is 4.23. The SMILES string of the molecule is CCOC(=O)C1CCCN(C(=O)CC2CCCO2)C1. The van der Waals surface area contributed by atoms with Crippen LogP contribution in [-0.2, 0) is 19.1 Å². The van der Waals surface area contributed by atoms with Crippen molar-refractivity contribution in [1.82, 2.24) is 4.90 Å². The first-order valence-corrected chi connectivity index (χ1v) is 7.26. The number of rotatable bonds is 4. The highest BCUT2D eigenvalue weighted by Crippen LogP contribution is 2.21. The van der Waals surface area contributed by atoms with E-state index in [1.165, 1.54) is 0 Å². The van der Waals surface area contributed by atoms with Gasteiger partial charge in [-0.25, -0.2) is 0 Å². The molecule has 0 saturated carbocycles. The summed E-state index contributed by atoms with van der Waals surface area (Å²) in [6, 6.07) is 0. The number of carbonyl (C=O) groups is 2. The summed E-state index contributed by atoms with van der Waals surface area (Å²) in [4.78, 5) is 25.7. The molecule has 2 saturated heterocycles. The first kappa shape index (κ1) is 14.3. The zero-order valence-electron chi connectivity index (χ0n) is 11.6. The third kappa shape index (κ3) is 3.93. The summed E-state index contributed by atoms with van der Waals surface area (Å²) in [5.41, 5.74) is 0. The van der Waals surface area contributed by atoms with Crippen LogP contribution in [0.2, 0.25) is 0 Å². The molecule has 0 aromatic heterocycles. The van der Waals surface area contributed by atoms with E-state index >= 15 is 0 Å². The standard InChI is InChI=1S/C14H23NO4/c1-2-18-14(17)11-5-3-7-15(10-11)13(16)9-12-6-4-8-19-12/h11-12H,2-10H2,1H3. The van der Waals surface area contributed by atoms with Crippen molar-refractivity contribution in [2.45, 2.75) is 45.1 Å². The van der Waals surface area contributed by atoms with Crippen LogP contribution in [0.25, 0.3) is 0 Å². The maximum atomic E-state index is 12.2. The van der Waals surface area contributed by atoms with Gasteiger partial charge in [0, 0.05) is 19.7 Å². The average molecular weight is 269 g/mol. The molecule has 0 aromatic carbocycles. The average Bonchev–Trinajstić information content (AvgIpc) is 2.92. The summed E-state index contributed by atoms with van der Waals surface area (Å²) in [5.74, 6) is -0.208. The number of esters is 1. The molecule has 0 bridgehead atoms. The predicted molar refractivity (Wildman–Crippen MR) is 69.5 cm³/mol. The zero-order valence-corrected chi connectivity index (χ0v) is 11.6. The Hall–Kier alpha value is -1.10. The minimum absolute atomic E-state index is 0.0791. The lowest BCUT2D eigenvalue weighted by Gasteiger charge is -2.32. The Labute approximate surface area is 114 Å². The molecule has 108 valence electrons. The molecule has 2 aliphatic heterocycles. The summed E-state index contributed by atoms with van der Waals surface area (Å²) in [7, 11) is 0. The van der Waals surface area contributed by atoms with Gasteiger partial charge in [0.1, 0.15) is 0 Å². The van der Waals surface area contributed by atoms with Gasteiger partial charge in [-0.2, -0.15) is 0 Å². The van der Waals surface area contributed by atoms with Crippen LogP contribution in [0.4, 0.5) is 0 Å². The normalized spacial score (nSPS) is 27.3. The molecule has 1 amide bonds. The van der Waals surface area contributed by atoms with Crippen molar-refractivity contribution >= 4 is 11.9 Å². The van der Waals surface area contributed by atoms with Gasteiger partial charge in [-0.15, -0.1) is 0 Å². The lowest BCUT2D eigenvalue weighted by Crippen LogP contribution is -2.43. The fourth-order valence-corrected chi connectivity index (χ4v) is 2.79. The van der Waals surface area contributed by atoms with E-state index in [1.54, 1.807) is 11.8 Å². The van der Waals surface area contributed by atoms with Crippen molar-refractivity contribution in [1.29, 1.82) is 0 Å². The molecule has 0 spiro atoms. The van der Waals surface area contributed by atoms with Crippen LogP contribution in [0.3, 0.4) is 0 Å². The lowest BCUT2D eigenvalue weighted by molar-refractivity contribution is -0.151. The summed E-state index contributed by atoms with van der Waals surface area (Å²) in [5, 5.41) is 0. The van der Waals surface area contributed by atoms with Gasteiger partial charge in [-0.1, -0.05) is 0 Å². The Morgan fingerprint density at radius 3 is 2.84 bits per heavy atom. The molecule has 2 fully saturated rings. The van der Waals surface area contributed by atoms with E-state index in [0.29, 0.717) is 19.6 Å². The first-order valence-electron chi connectivity index (χ1n) is 7.26. The minimum Gasteiger partial charge on any atom is -0.466 e. The highest BCUT2D eigenvalue weighted by Gasteiger charge is 2.30. The van der Waals surface area contributed by atoms with Gasteiger partial charge in [-0.3, -0.25) is 9.59 Å². The van der Waals surface area contributed by atoms with E-state index in [9.17, 15) is 9.59 Å². The molecule has 0 aliphatic carbocycles. The lowest BCUT2D eigenvalue weighted by atomic mass is 9.97. The number of hydrogen-bond donors (Lipinski definition) is 0. The fourth-order valence-electron chi connectivity index (χ4n) is 2.79. The Balaban J connectivity index is 1.82. The van der Waals surface area contributed by atoms with E-state index in [4.69, 9.17) is 9.47 Å². The summed E-state index contributed by atoms with van der Waals surface area (Å²) in [6.07, 6.45) is 4.25. The number of ether oxygens (including phenoxy) is 2. The predicted octanol–water partition coefficient (Wildman–Crippen LogP) is 1.36. The maximum Gasteiger partial charge on any atom is 0.310 e. The van der Waals surface area contributed by atoms with Crippen LogP contribution in [0, 0.1) is 5.92 Å². The van der Waals surface area contributed by atoms with E-state index < -0.39 is 0 Å². The first-order chi connectivity index (χ1) is 9.20. The van der Waals surface area contributed by atoms with Crippen molar-refractivity contribution in [3.8, 4) is 0 Å². The molecule has 2 atom stereocenters. The highest BCUT2D eigenvalue weighted by atomic mass is 16.5. The molecule has 2 unspecified atom stereocenters. The van der Waals surface area contributed by atoms with Crippen molar-refractivity contribution in [2.24, 2.45) is 5.92 Å². The number of carbonyl (C=O) groups excluding carboxylic acids is 2. The second-order valence-electron chi connectivity index (χ2n) is 5.27.